The first-order valence-electron chi connectivity index (χ1n) is 13.6. The summed E-state index contributed by atoms with van der Waals surface area (Å²) >= 11 is 0. The lowest BCUT2D eigenvalue weighted by molar-refractivity contribution is -0.184. The molecule has 2 aromatic rings. The van der Waals surface area contributed by atoms with Crippen molar-refractivity contribution in [2.24, 2.45) is 0 Å². The van der Waals surface area contributed by atoms with Gasteiger partial charge in [-0.25, -0.2) is 4.79 Å². The van der Waals surface area contributed by atoms with E-state index in [0.717, 1.165) is 18.9 Å². The molecule has 0 aromatic heterocycles. The quantitative estimate of drug-likeness (QED) is 0.0933. The average molecular weight is 558 g/mol. The molecule has 0 radical (unpaired) electrons. The largest absolute Gasteiger partial charge is 0.504 e. The number of amides is 1. The topological polar surface area (TPSA) is 166 Å². The maximum atomic E-state index is 13.0. The fourth-order valence-electron chi connectivity index (χ4n) is 4.50. The van der Waals surface area contributed by atoms with Gasteiger partial charge in [0.2, 0.25) is 0 Å². The lowest BCUT2D eigenvalue weighted by Gasteiger charge is -2.40. The molecule has 1 aliphatic carbocycles. The van der Waals surface area contributed by atoms with Crippen LogP contribution in [0.5, 0.6) is 17.2 Å². The third-order valence-electron chi connectivity index (χ3n) is 6.84. The highest BCUT2D eigenvalue weighted by molar-refractivity contribution is 5.97. The van der Waals surface area contributed by atoms with Crippen molar-refractivity contribution in [3.05, 3.63) is 54.1 Å². The molecule has 6 N–H and O–H groups in total. The van der Waals surface area contributed by atoms with Crippen molar-refractivity contribution >= 4 is 23.6 Å². The Morgan fingerprint density at radius 1 is 0.975 bits per heavy atom. The molecule has 1 saturated carbocycles. The van der Waals surface area contributed by atoms with Crippen molar-refractivity contribution in [1.82, 2.24) is 0 Å². The molecular formula is C30H39NO9. The Hall–Kier alpha value is -3.60. The Kier molecular flexibility index (Phi) is 11.4. The van der Waals surface area contributed by atoms with Crippen LogP contribution < -0.4 is 10.1 Å². The number of ether oxygens (including phenoxy) is 2. The smallest absolute Gasteiger partial charge is 0.331 e. The number of hydrogen-bond donors (Lipinski definition) is 6. The van der Waals surface area contributed by atoms with E-state index in [2.05, 4.69) is 12.2 Å². The number of rotatable bonds is 13. The first-order chi connectivity index (χ1) is 19.1. The van der Waals surface area contributed by atoms with Gasteiger partial charge in [0.05, 0.1) is 12.7 Å². The molecule has 0 heterocycles. The highest BCUT2D eigenvalue weighted by atomic mass is 16.6. The number of phenolic OH excluding ortho intramolecular Hbond substituents is 2. The first-order valence-corrected chi connectivity index (χ1v) is 13.6. The van der Waals surface area contributed by atoms with Gasteiger partial charge in [-0.3, -0.25) is 4.79 Å². The summed E-state index contributed by atoms with van der Waals surface area (Å²) in [7, 11) is 0. The third-order valence-corrected chi connectivity index (χ3v) is 6.84. The van der Waals surface area contributed by atoms with Gasteiger partial charge >= 0.3 is 5.97 Å². The van der Waals surface area contributed by atoms with E-state index in [1.54, 1.807) is 24.3 Å². The lowest BCUT2D eigenvalue weighted by atomic mass is 9.79. The zero-order chi connectivity index (χ0) is 29.1. The first kappa shape index (κ1) is 30.9. The molecule has 0 bridgehead atoms. The molecule has 40 heavy (non-hydrogen) atoms. The monoisotopic (exact) mass is 557 g/mol. The SMILES string of the molecule is CCCCCCCCOc1ccc(NC(=O)[C@]2(O)C[C@@H](O)[C@@H](O)[C@H](OC(=O)/C=C/c3ccc(O)c(O)c3)C2)cc1. The molecule has 0 unspecified atom stereocenters. The van der Waals surface area contributed by atoms with Crippen LogP contribution in [-0.4, -0.2) is 67.9 Å². The van der Waals surface area contributed by atoms with Gasteiger partial charge in [-0.2, -0.15) is 0 Å². The zero-order valence-corrected chi connectivity index (χ0v) is 22.7. The van der Waals surface area contributed by atoms with Crippen molar-refractivity contribution in [1.29, 1.82) is 0 Å². The minimum atomic E-state index is -2.11. The maximum absolute atomic E-state index is 13.0. The predicted octanol–water partition coefficient (Wildman–Crippen LogP) is 3.65. The molecular weight excluding hydrogens is 518 g/mol. The molecule has 0 aliphatic heterocycles. The standard InChI is InChI=1S/C30H39NO9/c1-2-3-4-5-6-7-16-39-22-12-10-21(11-13-22)31-29(37)30(38)18-25(34)28(36)26(19-30)40-27(35)15-9-20-8-14-23(32)24(33)17-20/h8-15,17,25-26,28,32-34,36,38H,2-7,16,18-19H2,1H3,(H,31,37)/b15-9+/t25-,26-,28-,30+/m1/s1. The number of hydrogen-bond acceptors (Lipinski definition) is 9. The molecule has 4 atom stereocenters. The summed E-state index contributed by atoms with van der Waals surface area (Å²) in [4.78, 5) is 25.3. The average Bonchev–Trinajstić information content (AvgIpc) is 2.92. The zero-order valence-electron chi connectivity index (χ0n) is 22.7. The number of carbonyl (C=O) groups excluding carboxylic acids is 2. The van der Waals surface area contributed by atoms with Crippen molar-refractivity contribution in [3.8, 4) is 17.2 Å². The van der Waals surface area contributed by atoms with E-state index in [-0.39, 0.29) is 11.5 Å². The minimum Gasteiger partial charge on any atom is -0.504 e. The maximum Gasteiger partial charge on any atom is 0.331 e. The second kappa shape index (κ2) is 14.7. The molecule has 2 aromatic carbocycles. The molecule has 218 valence electrons. The van der Waals surface area contributed by atoms with Crippen molar-refractivity contribution in [2.75, 3.05) is 11.9 Å². The van der Waals surface area contributed by atoms with Gasteiger partial charge < -0.3 is 40.3 Å². The summed E-state index contributed by atoms with van der Waals surface area (Å²) in [5.41, 5.74) is -1.31. The van der Waals surface area contributed by atoms with Crippen LogP contribution in [0.3, 0.4) is 0 Å². The molecule has 0 spiro atoms. The van der Waals surface area contributed by atoms with E-state index in [1.165, 1.54) is 50.0 Å². The summed E-state index contributed by atoms with van der Waals surface area (Å²) in [6.45, 7) is 2.78. The fraction of sp³-hybridized carbons (Fsp3) is 0.467. The number of aliphatic hydroxyl groups is 3. The van der Waals surface area contributed by atoms with Gasteiger partial charge in [0.25, 0.3) is 5.91 Å². The summed E-state index contributed by atoms with van der Waals surface area (Å²) in [5, 5.41) is 53.2. The van der Waals surface area contributed by atoms with Crippen LogP contribution in [0, 0.1) is 0 Å². The van der Waals surface area contributed by atoms with Crippen molar-refractivity contribution in [2.45, 2.75) is 82.2 Å². The fourth-order valence-corrected chi connectivity index (χ4v) is 4.50. The number of phenols is 2. The molecule has 1 fully saturated rings. The Balaban J connectivity index is 1.53. The van der Waals surface area contributed by atoms with Gasteiger partial charge in [-0.1, -0.05) is 45.1 Å². The van der Waals surface area contributed by atoms with E-state index in [4.69, 9.17) is 9.47 Å². The highest BCUT2D eigenvalue weighted by Crippen LogP contribution is 2.33. The van der Waals surface area contributed by atoms with E-state index in [0.29, 0.717) is 23.6 Å². The summed E-state index contributed by atoms with van der Waals surface area (Å²) in [6, 6.07) is 10.6. The molecule has 0 saturated heterocycles. The van der Waals surface area contributed by atoms with Crippen LogP contribution in [0.1, 0.15) is 63.9 Å². The lowest BCUT2D eigenvalue weighted by Crippen LogP contribution is -2.58. The van der Waals surface area contributed by atoms with Gasteiger partial charge in [0.1, 0.15) is 23.6 Å². The highest BCUT2D eigenvalue weighted by Gasteiger charge is 2.50. The summed E-state index contributed by atoms with van der Waals surface area (Å²) in [5.74, 6) is -1.73. The summed E-state index contributed by atoms with van der Waals surface area (Å²) in [6.07, 6.45) is 4.04. The second-order valence-corrected chi connectivity index (χ2v) is 10.1. The van der Waals surface area contributed by atoms with E-state index < -0.39 is 48.6 Å². The van der Waals surface area contributed by atoms with Crippen LogP contribution in [0.25, 0.3) is 6.08 Å². The van der Waals surface area contributed by atoms with Crippen LogP contribution in [-0.2, 0) is 14.3 Å². The number of carbonyl (C=O) groups is 2. The minimum absolute atomic E-state index is 0.315. The van der Waals surface area contributed by atoms with Gasteiger partial charge in [-0.15, -0.1) is 0 Å². The number of anilines is 1. The number of benzene rings is 2. The number of aromatic hydroxyl groups is 2. The number of nitrogens with one attached hydrogen (secondary N) is 1. The number of esters is 1. The van der Waals surface area contributed by atoms with Gasteiger partial charge in [0, 0.05) is 24.6 Å². The Labute approximate surface area is 233 Å². The van der Waals surface area contributed by atoms with Crippen LogP contribution in [0.15, 0.2) is 48.5 Å². The third kappa shape index (κ3) is 8.97. The van der Waals surface area contributed by atoms with E-state index in [9.17, 15) is 35.1 Å². The Morgan fingerprint density at radius 2 is 1.68 bits per heavy atom. The van der Waals surface area contributed by atoms with Crippen molar-refractivity contribution < 1.29 is 44.6 Å². The van der Waals surface area contributed by atoms with E-state index >= 15 is 0 Å². The van der Waals surface area contributed by atoms with Gasteiger partial charge in [-0.05, 0) is 54.5 Å². The van der Waals surface area contributed by atoms with Crippen LogP contribution in [0.2, 0.25) is 0 Å². The van der Waals surface area contributed by atoms with E-state index in [1.807, 2.05) is 0 Å². The normalized spacial score (nSPS) is 22.6. The predicted molar refractivity (Wildman–Crippen MR) is 149 cm³/mol. The molecule has 10 heteroatoms. The molecule has 3 rings (SSSR count). The van der Waals surface area contributed by atoms with Crippen molar-refractivity contribution in [3.63, 3.8) is 0 Å². The number of unbranched alkanes of at least 4 members (excludes halogenated alkanes) is 5. The summed E-state index contributed by atoms with van der Waals surface area (Å²) < 4.78 is 11.0. The number of aliphatic hydroxyl groups excluding tert-OH is 2. The Morgan fingerprint density at radius 3 is 2.38 bits per heavy atom. The van der Waals surface area contributed by atoms with Crippen LogP contribution >= 0.6 is 0 Å². The molecule has 10 nitrogen and oxygen atoms in total. The molecule has 1 amide bonds. The Bertz CT molecular complexity index is 1150. The second-order valence-electron chi connectivity index (χ2n) is 10.1. The van der Waals surface area contributed by atoms with Gasteiger partial charge in [0.15, 0.2) is 11.5 Å². The molecule has 1 aliphatic rings. The van der Waals surface area contributed by atoms with Crippen LogP contribution in [0.4, 0.5) is 5.69 Å².